The molecular formula is C12H22N2O. The molecule has 0 aromatic carbocycles. The normalized spacial score (nSPS) is 28.1. The third-order valence-electron chi connectivity index (χ3n) is 3.71. The number of likely N-dealkylation sites (tertiary alicyclic amines) is 1. The van der Waals surface area contributed by atoms with Crippen LogP contribution in [-0.2, 0) is 4.79 Å². The molecule has 1 amide bonds. The summed E-state index contributed by atoms with van der Waals surface area (Å²) in [6.07, 6.45) is 5.15. The second kappa shape index (κ2) is 4.52. The summed E-state index contributed by atoms with van der Waals surface area (Å²) in [7, 11) is 0. The van der Waals surface area contributed by atoms with E-state index in [1.54, 1.807) is 6.92 Å². The van der Waals surface area contributed by atoms with Gasteiger partial charge in [-0.05, 0) is 31.6 Å². The number of amides is 1. The van der Waals surface area contributed by atoms with Gasteiger partial charge in [-0.3, -0.25) is 4.79 Å². The molecule has 0 aromatic heterocycles. The van der Waals surface area contributed by atoms with Crippen LogP contribution in [0.15, 0.2) is 0 Å². The molecule has 0 spiro atoms. The standard InChI is InChI=1S/C12H22N2O/c1-3-12(10-4-5-10)13-11-6-7-14(8-11)9(2)15/h10-13H,3-8H2,1-2H3. The van der Waals surface area contributed by atoms with Gasteiger partial charge in [-0.25, -0.2) is 0 Å². The van der Waals surface area contributed by atoms with Crippen LogP contribution in [0.5, 0.6) is 0 Å². The van der Waals surface area contributed by atoms with Gasteiger partial charge in [0, 0.05) is 32.1 Å². The molecule has 2 aliphatic rings. The third kappa shape index (κ3) is 2.71. The maximum atomic E-state index is 11.2. The average molecular weight is 210 g/mol. The zero-order chi connectivity index (χ0) is 10.8. The largest absolute Gasteiger partial charge is 0.341 e. The molecule has 1 aliphatic carbocycles. The summed E-state index contributed by atoms with van der Waals surface area (Å²) >= 11 is 0. The number of hydrogen-bond acceptors (Lipinski definition) is 2. The van der Waals surface area contributed by atoms with Crippen LogP contribution in [0.2, 0.25) is 0 Å². The first-order chi connectivity index (χ1) is 7.20. The van der Waals surface area contributed by atoms with E-state index < -0.39 is 0 Å². The Kier molecular flexibility index (Phi) is 3.29. The van der Waals surface area contributed by atoms with Gasteiger partial charge in [0.15, 0.2) is 0 Å². The molecular weight excluding hydrogens is 188 g/mol. The van der Waals surface area contributed by atoms with E-state index in [-0.39, 0.29) is 5.91 Å². The van der Waals surface area contributed by atoms with Crippen molar-refractivity contribution in [2.75, 3.05) is 13.1 Å². The van der Waals surface area contributed by atoms with Crippen LogP contribution in [0.25, 0.3) is 0 Å². The molecule has 2 fully saturated rings. The van der Waals surface area contributed by atoms with Gasteiger partial charge in [-0.15, -0.1) is 0 Å². The fourth-order valence-corrected chi connectivity index (χ4v) is 2.57. The fourth-order valence-electron chi connectivity index (χ4n) is 2.57. The molecule has 0 aromatic rings. The van der Waals surface area contributed by atoms with Gasteiger partial charge < -0.3 is 10.2 Å². The lowest BCUT2D eigenvalue weighted by Gasteiger charge is -2.21. The van der Waals surface area contributed by atoms with E-state index in [0.717, 1.165) is 25.4 Å². The lowest BCUT2D eigenvalue weighted by atomic mass is 10.1. The first-order valence-corrected chi connectivity index (χ1v) is 6.22. The van der Waals surface area contributed by atoms with Crippen molar-refractivity contribution in [2.45, 2.75) is 51.6 Å². The molecule has 0 radical (unpaired) electrons. The second-order valence-electron chi connectivity index (χ2n) is 4.97. The van der Waals surface area contributed by atoms with E-state index in [2.05, 4.69) is 12.2 Å². The zero-order valence-electron chi connectivity index (χ0n) is 9.83. The van der Waals surface area contributed by atoms with Gasteiger partial charge in [-0.1, -0.05) is 6.92 Å². The highest BCUT2D eigenvalue weighted by Crippen LogP contribution is 2.34. The molecule has 1 heterocycles. The van der Waals surface area contributed by atoms with Crippen LogP contribution < -0.4 is 5.32 Å². The van der Waals surface area contributed by atoms with Crippen LogP contribution >= 0.6 is 0 Å². The van der Waals surface area contributed by atoms with Crippen LogP contribution in [0.3, 0.4) is 0 Å². The van der Waals surface area contributed by atoms with Crippen molar-refractivity contribution < 1.29 is 4.79 Å². The Morgan fingerprint density at radius 1 is 1.47 bits per heavy atom. The number of carbonyl (C=O) groups is 1. The summed E-state index contributed by atoms with van der Waals surface area (Å²) in [5.74, 6) is 1.14. The van der Waals surface area contributed by atoms with Crippen molar-refractivity contribution >= 4 is 5.91 Å². The molecule has 1 saturated heterocycles. The summed E-state index contributed by atoms with van der Waals surface area (Å²) in [5.41, 5.74) is 0. The quantitative estimate of drug-likeness (QED) is 0.760. The summed E-state index contributed by atoms with van der Waals surface area (Å²) in [6.45, 7) is 5.78. The first kappa shape index (κ1) is 10.9. The molecule has 1 saturated carbocycles. The molecule has 2 rings (SSSR count). The van der Waals surface area contributed by atoms with Crippen LogP contribution in [0.1, 0.15) is 39.5 Å². The third-order valence-corrected chi connectivity index (χ3v) is 3.71. The summed E-state index contributed by atoms with van der Waals surface area (Å²) in [4.78, 5) is 13.1. The van der Waals surface area contributed by atoms with E-state index in [4.69, 9.17) is 0 Å². The lowest BCUT2D eigenvalue weighted by molar-refractivity contribution is -0.127. The predicted octanol–water partition coefficient (Wildman–Crippen LogP) is 1.39. The van der Waals surface area contributed by atoms with Crippen LogP contribution in [0.4, 0.5) is 0 Å². The maximum Gasteiger partial charge on any atom is 0.219 e. The number of hydrogen-bond donors (Lipinski definition) is 1. The molecule has 2 unspecified atom stereocenters. The highest BCUT2D eigenvalue weighted by Gasteiger charge is 2.33. The first-order valence-electron chi connectivity index (χ1n) is 6.22. The molecule has 1 N–H and O–H groups in total. The van der Waals surface area contributed by atoms with Gasteiger partial charge in [0.25, 0.3) is 0 Å². The topological polar surface area (TPSA) is 32.3 Å². The molecule has 3 heteroatoms. The van der Waals surface area contributed by atoms with Crippen molar-refractivity contribution in [3.63, 3.8) is 0 Å². The highest BCUT2D eigenvalue weighted by atomic mass is 16.2. The van der Waals surface area contributed by atoms with Crippen LogP contribution in [0, 0.1) is 5.92 Å². The molecule has 86 valence electrons. The Hall–Kier alpha value is -0.570. The minimum atomic E-state index is 0.221. The molecule has 15 heavy (non-hydrogen) atoms. The van der Waals surface area contributed by atoms with Crippen molar-refractivity contribution in [1.82, 2.24) is 10.2 Å². The van der Waals surface area contributed by atoms with E-state index in [1.807, 2.05) is 4.90 Å². The monoisotopic (exact) mass is 210 g/mol. The van der Waals surface area contributed by atoms with E-state index >= 15 is 0 Å². The van der Waals surface area contributed by atoms with Crippen molar-refractivity contribution in [1.29, 1.82) is 0 Å². The number of carbonyl (C=O) groups excluding carboxylic acids is 1. The van der Waals surface area contributed by atoms with Crippen molar-refractivity contribution in [3.05, 3.63) is 0 Å². The molecule has 1 aliphatic heterocycles. The van der Waals surface area contributed by atoms with Gasteiger partial charge >= 0.3 is 0 Å². The number of rotatable bonds is 4. The van der Waals surface area contributed by atoms with E-state index in [0.29, 0.717) is 12.1 Å². The minimum Gasteiger partial charge on any atom is -0.341 e. The van der Waals surface area contributed by atoms with Gasteiger partial charge in [-0.2, -0.15) is 0 Å². The van der Waals surface area contributed by atoms with Crippen molar-refractivity contribution in [2.24, 2.45) is 5.92 Å². The Morgan fingerprint density at radius 3 is 2.67 bits per heavy atom. The number of nitrogens with zero attached hydrogens (tertiary/aromatic N) is 1. The van der Waals surface area contributed by atoms with E-state index in [9.17, 15) is 4.79 Å². The van der Waals surface area contributed by atoms with Crippen LogP contribution in [-0.4, -0.2) is 36.0 Å². The highest BCUT2D eigenvalue weighted by molar-refractivity contribution is 5.73. The number of nitrogens with one attached hydrogen (secondary N) is 1. The summed E-state index contributed by atoms with van der Waals surface area (Å²) < 4.78 is 0. The molecule has 2 atom stereocenters. The second-order valence-corrected chi connectivity index (χ2v) is 4.97. The summed E-state index contributed by atoms with van der Waals surface area (Å²) in [6, 6.07) is 1.24. The zero-order valence-corrected chi connectivity index (χ0v) is 9.83. The Labute approximate surface area is 92.2 Å². The SMILES string of the molecule is CCC(NC1CCN(C(C)=O)C1)C1CC1. The van der Waals surface area contributed by atoms with Gasteiger partial charge in [0.2, 0.25) is 5.91 Å². The molecule has 0 bridgehead atoms. The Morgan fingerprint density at radius 2 is 2.20 bits per heavy atom. The Balaban J connectivity index is 1.78. The molecule has 3 nitrogen and oxygen atoms in total. The Bertz CT molecular complexity index is 238. The predicted molar refractivity (Wildman–Crippen MR) is 60.6 cm³/mol. The van der Waals surface area contributed by atoms with Crippen molar-refractivity contribution in [3.8, 4) is 0 Å². The average Bonchev–Trinajstić information content (AvgIpc) is 2.94. The lowest BCUT2D eigenvalue weighted by Crippen LogP contribution is -2.41. The smallest absolute Gasteiger partial charge is 0.219 e. The maximum absolute atomic E-state index is 11.2. The fraction of sp³-hybridized carbons (Fsp3) is 0.917. The minimum absolute atomic E-state index is 0.221. The van der Waals surface area contributed by atoms with E-state index in [1.165, 1.54) is 19.3 Å². The summed E-state index contributed by atoms with van der Waals surface area (Å²) in [5, 5.41) is 3.72. The van der Waals surface area contributed by atoms with Gasteiger partial charge in [0.05, 0.1) is 0 Å². The van der Waals surface area contributed by atoms with Gasteiger partial charge in [0.1, 0.15) is 0 Å².